The van der Waals surface area contributed by atoms with Gasteiger partial charge in [-0.3, -0.25) is 4.98 Å². The van der Waals surface area contributed by atoms with Gasteiger partial charge >= 0.3 is 0 Å². The van der Waals surface area contributed by atoms with Gasteiger partial charge in [0.15, 0.2) is 0 Å². The first kappa shape index (κ1) is 9.62. The summed E-state index contributed by atoms with van der Waals surface area (Å²) in [4.78, 5) is 9.57. The number of alkyl halides is 1. The van der Waals surface area contributed by atoms with Crippen LogP contribution < -0.4 is 0 Å². The molecule has 0 fully saturated rings. The number of aromatic nitrogens is 2. The van der Waals surface area contributed by atoms with E-state index < -0.39 is 0 Å². The number of aryl methyl sites for hydroxylation is 1. The predicted molar refractivity (Wildman–Crippen MR) is 59.6 cm³/mol. The Hall–Kier alpha value is -0.930. The molecule has 2 aromatic heterocycles. The summed E-state index contributed by atoms with van der Waals surface area (Å²) in [5, 5.41) is 1.01. The summed E-state index contributed by atoms with van der Waals surface area (Å²) < 4.78 is 0. The first-order valence-corrected chi connectivity index (χ1v) is 5.59. The molecule has 2 heterocycles. The molecule has 0 saturated carbocycles. The van der Waals surface area contributed by atoms with Gasteiger partial charge in [0.1, 0.15) is 5.01 Å². The molecular weight excluding hydrogens is 216 g/mol. The van der Waals surface area contributed by atoms with Gasteiger partial charge < -0.3 is 0 Å². The van der Waals surface area contributed by atoms with Gasteiger partial charge in [-0.2, -0.15) is 0 Å². The van der Waals surface area contributed by atoms with Crippen LogP contribution in [0.5, 0.6) is 0 Å². The maximum atomic E-state index is 5.79. The lowest BCUT2D eigenvalue weighted by atomic mass is 10.3. The molecule has 0 unspecified atom stereocenters. The average Bonchev–Trinajstić information content (AvgIpc) is 2.61. The quantitative estimate of drug-likeness (QED) is 0.732. The Morgan fingerprint density at radius 1 is 1.36 bits per heavy atom. The number of halogens is 1. The molecule has 4 heteroatoms. The Morgan fingerprint density at radius 2 is 2.07 bits per heavy atom. The molecule has 0 amide bonds. The highest BCUT2D eigenvalue weighted by Crippen LogP contribution is 2.28. The summed E-state index contributed by atoms with van der Waals surface area (Å²) in [6, 6.07) is 3.91. The smallest absolute Gasteiger partial charge is 0.124 e. The van der Waals surface area contributed by atoms with Crippen LogP contribution in [0.1, 0.15) is 10.6 Å². The lowest BCUT2D eigenvalue weighted by Crippen LogP contribution is -1.78. The van der Waals surface area contributed by atoms with Crippen LogP contribution in [0.3, 0.4) is 0 Å². The van der Waals surface area contributed by atoms with Crippen LogP contribution in [0.15, 0.2) is 24.5 Å². The Morgan fingerprint density at radius 3 is 2.64 bits per heavy atom. The molecule has 0 spiro atoms. The van der Waals surface area contributed by atoms with Crippen molar-refractivity contribution in [3.63, 3.8) is 0 Å². The zero-order valence-electron chi connectivity index (χ0n) is 7.70. The van der Waals surface area contributed by atoms with E-state index in [0.717, 1.165) is 21.1 Å². The minimum Gasteiger partial charge on any atom is -0.265 e. The predicted octanol–water partition coefficient (Wildman–Crippen LogP) is 3.25. The number of nitrogens with zero attached hydrogens (tertiary/aromatic N) is 2. The van der Waals surface area contributed by atoms with Crippen molar-refractivity contribution in [2.24, 2.45) is 0 Å². The van der Waals surface area contributed by atoms with Crippen molar-refractivity contribution < 1.29 is 0 Å². The molecule has 0 aliphatic rings. The minimum absolute atomic E-state index is 0.536. The first-order chi connectivity index (χ1) is 6.81. The highest BCUT2D eigenvalue weighted by atomic mass is 35.5. The second-order valence-electron chi connectivity index (χ2n) is 2.90. The maximum Gasteiger partial charge on any atom is 0.124 e. The van der Waals surface area contributed by atoms with Gasteiger partial charge in [-0.25, -0.2) is 4.98 Å². The Balaban J connectivity index is 2.43. The molecule has 0 radical (unpaired) electrons. The van der Waals surface area contributed by atoms with Crippen LogP contribution in [0.25, 0.3) is 10.6 Å². The van der Waals surface area contributed by atoms with E-state index >= 15 is 0 Å². The molecule has 2 nitrogen and oxygen atoms in total. The molecule has 0 atom stereocenters. The second kappa shape index (κ2) is 4.07. The SMILES string of the molecule is Cc1nc(-c2ccncc2)sc1CCl. The summed E-state index contributed by atoms with van der Waals surface area (Å²) in [5.41, 5.74) is 2.13. The van der Waals surface area contributed by atoms with Gasteiger partial charge in [0.25, 0.3) is 0 Å². The minimum atomic E-state index is 0.536. The third-order valence-corrected chi connectivity index (χ3v) is 3.57. The lowest BCUT2D eigenvalue weighted by Gasteiger charge is -1.92. The molecule has 72 valence electrons. The van der Waals surface area contributed by atoms with Crippen molar-refractivity contribution in [1.29, 1.82) is 0 Å². The Labute approximate surface area is 91.6 Å². The highest BCUT2D eigenvalue weighted by Gasteiger charge is 2.07. The zero-order valence-corrected chi connectivity index (χ0v) is 9.27. The molecule has 0 aliphatic carbocycles. The van der Waals surface area contributed by atoms with Gasteiger partial charge in [0.2, 0.25) is 0 Å². The molecule has 14 heavy (non-hydrogen) atoms. The highest BCUT2D eigenvalue weighted by molar-refractivity contribution is 7.15. The van der Waals surface area contributed by atoms with E-state index in [9.17, 15) is 0 Å². The van der Waals surface area contributed by atoms with E-state index in [4.69, 9.17) is 11.6 Å². The van der Waals surface area contributed by atoms with Crippen molar-refractivity contribution in [2.75, 3.05) is 0 Å². The van der Waals surface area contributed by atoms with Crippen molar-refractivity contribution in [3.05, 3.63) is 35.1 Å². The number of hydrogen-bond acceptors (Lipinski definition) is 3. The van der Waals surface area contributed by atoms with E-state index in [1.54, 1.807) is 23.7 Å². The molecule has 2 rings (SSSR count). The molecular formula is C10H9ClN2S. The van der Waals surface area contributed by atoms with E-state index in [2.05, 4.69) is 9.97 Å². The summed E-state index contributed by atoms with van der Waals surface area (Å²) in [7, 11) is 0. The third-order valence-electron chi connectivity index (χ3n) is 1.94. The van der Waals surface area contributed by atoms with Crippen molar-refractivity contribution in [1.82, 2.24) is 9.97 Å². The van der Waals surface area contributed by atoms with Crippen molar-refractivity contribution in [2.45, 2.75) is 12.8 Å². The normalized spacial score (nSPS) is 10.4. The van der Waals surface area contributed by atoms with E-state index in [-0.39, 0.29) is 0 Å². The summed E-state index contributed by atoms with van der Waals surface area (Å²) >= 11 is 7.43. The fourth-order valence-electron chi connectivity index (χ4n) is 1.17. The second-order valence-corrected chi connectivity index (χ2v) is 4.25. The summed E-state index contributed by atoms with van der Waals surface area (Å²) in [6.45, 7) is 1.99. The molecule has 0 aliphatic heterocycles. The van der Waals surface area contributed by atoms with E-state index in [0.29, 0.717) is 5.88 Å². The van der Waals surface area contributed by atoms with Gasteiger partial charge in [0.05, 0.1) is 11.6 Å². The maximum absolute atomic E-state index is 5.79. The average molecular weight is 225 g/mol. The molecule has 0 bridgehead atoms. The number of rotatable bonds is 2. The molecule has 0 N–H and O–H groups in total. The van der Waals surface area contributed by atoms with Crippen molar-refractivity contribution >= 4 is 22.9 Å². The molecule has 0 aromatic carbocycles. The fourth-order valence-corrected chi connectivity index (χ4v) is 2.44. The van der Waals surface area contributed by atoms with E-state index in [1.807, 2.05) is 19.1 Å². The van der Waals surface area contributed by atoms with Crippen LogP contribution in [0.4, 0.5) is 0 Å². The van der Waals surface area contributed by atoms with E-state index in [1.165, 1.54) is 0 Å². The topological polar surface area (TPSA) is 25.8 Å². The Bertz CT molecular complexity index is 425. The number of thiazole rings is 1. The number of pyridine rings is 1. The van der Waals surface area contributed by atoms with Crippen molar-refractivity contribution in [3.8, 4) is 10.6 Å². The monoisotopic (exact) mass is 224 g/mol. The van der Waals surface area contributed by atoms with Crippen LogP contribution in [-0.4, -0.2) is 9.97 Å². The van der Waals surface area contributed by atoms with Gasteiger partial charge in [-0.15, -0.1) is 22.9 Å². The van der Waals surface area contributed by atoms with Crippen LogP contribution in [0.2, 0.25) is 0 Å². The summed E-state index contributed by atoms with van der Waals surface area (Å²) in [5.74, 6) is 0.536. The molecule has 2 aromatic rings. The van der Waals surface area contributed by atoms with Crippen LogP contribution in [-0.2, 0) is 5.88 Å². The third kappa shape index (κ3) is 1.79. The zero-order chi connectivity index (χ0) is 9.97. The van der Waals surface area contributed by atoms with Gasteiger partial charge in [0, 0.05) is 22.8 Å². The fraction of sp³-hybridized carbons (Fsp3) is 0.200. The lowest BCUT2D eigenvalue weighted by molar-refractivity contribution is 1.22. The standard InChI is InChI=1S/C10H9ClN2S/c1-7-9(6-11)14-10(13-7)8-2-4-12-5-3-8/h2-5H,6H2,1H3. The largest absolute Gasteiger partial charge is 0.265 e. The van der Waals surface area contributed by atoms with Crippen LogP contribution in [0, 0.1) is 6.92 Å². The Kier molecular flexibility index (Phi) is 2.79. The number of hydrogen-bond donors (Lipinski definition) is 0. The van der Waals surface area contributed by atoms with Crippen LogP contribution >= 0.6 is 22.9 Å². The first-order valence-electron chi connectivity index (χ1n) is 4.24. The van der Waals surface area contributed by atoms with Gasteiger partial charge in [-0.1, -0.05) is 0 Å². The summed E-state index contributed by atoms with van der Waals surface area (Å²) in [6.07, 6.45) is 3.54. The van der Waals surface area contributed by atoms with Gasteiger partial charge in [-0.05, 0) is 19.1 Å². The molecule has 0 saturated heterocycles.